The van der Waals surface area contributed by atoms with Gasteiger partial charge >= 0.3 is 0 Å². The van der Waals surface area contributed by atoms with E-state index in [2.05, 4.69) is 5.32 Å². The van der Waals surface area contributed by atoms with Crippen molar-refractivity contribution in [3.63, 3.8) is 0 Å². The highest BCUT2D eigenvalue weighted by Crippen LogP contribution is 2.35. The molecule has 0 radical (unpaired) electrons. The Labute approximate surface area is 137 Å². The molecule has 0 saturated carbocycles. The highest BCUT2D eigenvalue weighted by atomic mass is 35.5. The van der Waals surface area contributed by atoms with E-state index in [1.807, 2.05) is 12.1 Å². The van der Waals surface area contributed by atoms with Crippen LogP contribution in [0.4, 0.5) is 10.1 Å². The van der Waals surface area contributed by atoms with Gasteiger partial charge in [0.05, 0.1) is 10.6 Å². The average molecular weight is 333 g/mol. The Kier molecular flexibility index (Phi) is 4.05. The number of para-hydroxylation sites is 1. The van der Waals surface area contributed by atoms with Crippen LogP contribution in [0, 0.1) is 5.82 Å². The number of nitrogens with zero attached hydrogens (tertiary/aromatic N) is 1. The van der Waals surface area contributed by atoms with Crippen LogP contribution in [0.5, 0.6) is 0 Å². The van der Waals surface area contributed by atoms with E-state index in [0.29, 0.717) is 12.1 Å². The van der Waals surface area contributed by atoms with Gasteiger partial charge in [0.2, 0.25) is 5.91 Å². The molecule has 23 heavy (non-hydrogen) atoms. The summed E-state index contributed by atoms with van der Waals surface area (Å²) in [6.07, 6.45) is 0.383. The molecule has 0 bridgehead atoms. The number of fused-ring (bicyclic) bond motifs is 1. The number of halogens is 2. The molecule has 6 heteroatoms. The van der Waals surface area contributed by atoms with Gasteiger partial charge in [0, 0.05) is 19.2 Å². The molecule has 1 atom stereocenters. The van der Waals surface area contributed by atoms with Crippen molar-refractivity contribution in [2.24, 2.45) is 0 Å². The zero-order chi connectivity index (χ0) is 16.6. The minimum atomic E-state index is -0.722. The van der Waals surface area contributed by atoms with E-state index in [1.54, 1.807) is 12.1 Å². The van der Waals surface area contributed by atoms with Crippen molar-refractivity contribution in [2.45, 2.75) is 12.5 Å². The lowest BCUT2D eigenvalue weighted by Gasteiger charge is -2.25. The molecule has 4 nitrogen and oxygen atoms in total. The normalized spacial score (nSPS) is 16.1. The van der Waals surface area contributed by atoms with E-state index in [0.717, 1.165) is 5.56 Å². The summed E-state index contributed by atoms with van der Waals surface area (Å²) in [6, 6.07) is 10.5. The van der Waals surface area contributed by atoms with Gasteiger partial charge in [-0.1, -0.05) is 35.9 Å². The summed E-state index contributed by atoms with van der Waals surface area (Å²) in [7, 11) is 1.50. The summed E-state index contributed by atoms with van der Waals surface area (Å²) in [5, 5.41) is 2.57. The monoisotopic (exact) mass is 332 g/mol. The number of benzene rings is 2. The van der Waals surface area contributed by atoms with Gasteiger partial charge in [0.1, 0.15) is 11.9 Å². The summed E-state index contributed by atoms with van der Waals surface area (Å²) < 4.78 is 14.1. The van der Waals surface area contributed by atoms with Crippen molar-refractivity contribution >= 4 is 29.1 Å². The number of nitrogens with one attached hydrogen (secondary N) is 1. The Morgan fingerprint density at radius 3 is 2.65 bits per heavy atom. The first-order valence-electron chi connectivity index (χ1n) is 7.11. The number of carbonyl (C=O) groups excluding carboxylic acids is 2. The second-order valence-electron chi connectivity index (χ2n) is 5.23. The molecule has 1 N–H and O–H groups in total. The molecular weight excluding hydrogens is 319 g/mol. The van der Waals surface area contributed by atoms with Crippen LogP contribution in [-0.2, 0) is 11.2 Å². The summed E-state index contributed by atoms with van der Waals surface area (Å²) in [4.78, 5) is 26.4. The maximum Gasteiger partial charge on any atom is 0.263 e. The fourth-order valence-corrected chi connectivity index (χ4v) is 3.08. The Morgan fingerprint density at radius 1 is 1.22 bits per heavy atom. The van der Waals surface area contributed by atoms with E-state index >= 15 is 0 Å². The van der Waals surface area contributed by atoms with E-state index in [-0.39, 0.29) is 16.5 Å². The first kappa shape index (κ1) is 15.5. The van der Waals surface area contributed by atoms with E-state index < -0.39 is 17.8 Å². The van der Waals surface area contributed by atoms with Gasteiger partial charge in [0.25, 0.3) is 5.91 Å². The molecule has 2 aromatic carbocycles. The van der Waals surface area contributed by atoms with Crippen molar-refractivity contribution in [1.82, 2.24) is 5.32 Å². The van der Waals surface area contributed by atoms with E-state index in [4.69, 9.17) is 11.6 Å². The number of hydrogen-bond donors (Lipinski definition) is 1. The van der Waals surface area contributed by atoms with Crippen LogP contribution in [0.1, 0.15) is 15.9 Å². The number of carbonyl (C=O) groups is 2. The van der Waals surface area contributed by atoms with Gasteiger partial charge in [-0.3, -0.25) is 14.5 Å². The molecule has 0 fully saturated rings. The van der Waals surface area contributed by atoms with E-state index in [1.165, 1.54) is 30.1 Å². The largest absolute Gasteiger partial charge is 0.357 e. The van der Waals surface area contributed by atoms with Crippen molar-refractivity contribution in [1.29, 1.82) is 0 Å². The molecule has 0 aromatic heterocycles. The Balaban J connectivity index is 2.11. The van der Waals surface area contributed by atoms with Gasteiger partial charge in [-0.25, -0.2) is 4.39 Å². The SMILES string of the molecule is CNC(=O)[C@H]1Cc2ccccc2N1C(=O)c1c(F)cccc1Cl. The molecule has 0 unspecified atom stereocenters. The van der Waals surface area contributed by atoms with Crippen LogP contribution in [0.25, 0.3) is 0 Å². The Bertz CT molecular complexity index is 774. The third-order valence-electron chi connectivity index (χ3n) is 3.92. The molecule has 118 valence electrons. The third kappa shape index (κ3) is 2.57. The molecule has 1 aliphatic rings. The number of hydrogen-bond acceptors (Lipinski definition) is 2. The average Bonchev–Trinajstić information content (AvgIpc) is 2.93. The lowest BCUT2D eigenvalue weighted by atomic mass is 10.1. The Hall–Kier alpha value is -2.40. The van der Waals surface area contributed by atoms with E-state index in [9.17, 15) is 14.0 Å². The highest BCUT2D eigenvalue weighted by Gasteiger charge is 2.39. The predicted molar refractivity (Wildman–Crippen MR) is 86.2 cm³/mol. The highest BCUT2D eigenvalue weighted by molar-refractivity contribution is 6.34. The summed E-state index contributed by atoms with van der Waals surface area (Å²) in [5.41, 5.74) is 1.24. The lowest BCUT2D eigenvalue weighted by Crippen LogP contribution is -2.47. The van der Waals surface area contributed by atoms with Crippen LogP contribution in [0.3, 0.4) is 0 Å². The van der Waals surface area contributed by atoms with Crippen molar-refractivity contribution in [3.8, 4) is 0 Å². The zero-order valence-corrected chi connectivity index (χ0v) is 13.1. The van der Waals surface area contributed by atoms with Crippen LogP contribution < -0.4 is 10.2 Å². The minimum absolute atomic E-state index is 0.0232. The minimum Gasteiger partial charge on any atom is -0.357 e. The van der Waals surface area contributed by atoms with Crippen LogP contribution in [0.2, 0.25) is 5.02 Å². The molecule has 2 amide bonds. The summed E-state index contributed by atoms with van der Waals surface area (Å²) >= 11 is 6.00. The second kappa shape index (κ2) is 6.01. The topological polar surface area (TPSA) is 49.4 Å². The first-order valence-corrected chi connectivity index (χ1v) is 7.49. The van der Waals surface area contributed by atoms with Gasteiger partial charge in [-0.05, 0) is 23.8 Å². The number of rotatable bonds is 2. The third-order valence-corrected chi connectivity index (χ3v) is 4.24. The van der Waals surface area contributed by atoms with Gasteiger partial charge in [-0.2, -0.15) is 0 Å². The predicted octanol–water partition coefficient (Wildman–Crippen LogP) is 2.80. The second-order valence-corrected chi connectivity index (χ2v) is 5.64. The molecular formula is C17H14ClFN2O2. The molecule has 0 aliphatic carbocycles. The van der Waals surface area contributed by atoms with Gasteiger partial charge < -0.3 is 5.32 Å². The molecule has 1 heterocycles. The van der Waals surface area contributed by atoms with Crippen molar-refractivity contribution in [3.05, 3.63) is 64.4 Å². The maximum absolute atomic E-state index is 14.1. The van der Waals surface area contributed by atoms with Crippen molar-refractivity contribution < 1.29 is 14.0 Å². The smallest absolute Gasteiger partial charge is 0.263 e. The van der Waals surface area contributed by atoms with Gasteiger partial charge in [0.15, 0.2) is 0 Å². The fourth-order valence-electron chi connectivity index (χ4n) is 2.84. The quantitative estimate of drug-likeness (QED) is 0.919. The molecule has 1 aliphatic heterocycles. The molecule has 0 spiro atoms. The number of likely N-dealkylation sites (N-methyl/N-ethyl adjacent to an activating group) is 1. The van der Waals surface area contributed by atoms with Crippen molar-refractivity contribution in [2.75, 3.05) is 11.9 Å². The van der Waals surface area contributed by atoms with Crippen LogP contribution >= 0.6 is 11.6 Å². The molecule has 0 saturated heterocycles. The summed E-state index contributed by atoms with van der Waals surface area (Å²) in [6.45, 7) is 0. The summed E-state index contributed by atoms with van der Waals surface area (Å²) in [5.74, 6) is -1.63. The number of amides is 2. The Morgan fingerprint density at radius 2 is 1.96 bits per heavy atom. The van der Waals surface area contributed by atoms with Crippen LogP contribution in [-0.4, -0.2) is 24.9 Å². The maximum atomic E-state index is 14.1. The molecule has 2 aromatic rings. The number of anilines is 1. The zero-order valence-electron chi connectivity index (χ0n) is 12.3. The van der Waals surface area contributed by atoms with Gasteiger partial charge in [-0.15, -0.1) is 0 Å². The van der Waals surface area contributed by atoms with Crippen LogP contribution in [0.15, 0.2) is 42.5 Å². The molecule has 3 rings (SSSR count). The standard InChI is InChI=1S/C17H14ClFN2O2/c1-20-16(22)14-9-10-5-2-3-8-13(10)21(14)17(23)15-11(18)6-4-7-12(15)19/h2-8,14H,9H2,1H3,(H,20,22)/t14-/m1/s1. The first-order chi connectivity index (χ1) is 11.0. The lowest BCUT2D eigenvalue weighted by molar-refractivity contribution is -0.121. The fraction of sp³-hybridized carbons (Fsp3) is 0.176.